The fraction of sp³-hybridized carbons (Fsp3) is 0.600. The van der Waals surface area contributed by atoms with Crippen LogP contribution >= 0.6 is 0 Å². The molecule has 0 saturated heterocycles. The molecule has 0 N–H and O–H groups in total. The molecular weight excluding hydrogens is 452 g/mol. The average molecular weight is 504 g/mol. The topological polar surface area (TPSA) is 0 Å². The standard InChI is InChI=1S/2C14H23.2CH3.Zr/c2*1-4-6-8-13-10-11-14(12(13)3)9-7-5-2;;;/h2*10-11H,4-9H2,1-3H3;2*1H3;/q4*-1;+4. The Labute approximate surface area is 216 Å². The van der Waals surface area contributed by atoms with Crippen LogP contribution in [0.15, 0.2) is 24.3 Å². The Hall–Kier alpha value is -0.417. The summed E-state index contributed by atoms with van der Waals surface area (Å²) >= 11 is 0. The van der Waals surface area contributed by atoms with Gasteiger partial charge in [0.05, 0.1) is 0 Å². The Morgan fingerprint density at radius 1 is 0.581 bits per heavy atom. The smallest absolute Gasteiger partial charge is 0.358 e. The maximum absolute atomic E-state index is 2.33. The minimum atomic E-state index is 0. The van der Waals surface area contributed by atoms with Crippen molar-refractivity contribution < 1.29 is 26.2 Å². The molecule has 0 amide bonds. The molecule has 0 aliphatic heterocycles. The maximum atomic E-state index is 2.33. The summed E-state index contributed by atoms with van der Waals surface area (Å²) in [5, 5.41) is 0. The van der Waals surface area contributed by atoms with Gasteiger partial charge in [-0.3, -0.25) is 0 Å². The van der Waals surface area contributed by atoms with Crippen molar-refractivity contribution in [3.63, 3.8) is 0 Å². The van der Waals surface area contributed by atoms with Gasteiger partial charge in [0, 0.05) is 0 Å². The molecule has 0 aliphatic carbocycles. The van der Waals surface area contributed by atoms with Gasteiger partial charge in [0.1, 0.15) is 0 Å². The van der Waals surface area contributed by atoms with Crippen LogP contribution in [0.1, 0.15) is 112 Å². The van der Waals surface area contributed by atoms with Crippen molar-refractivity contribution >= 4 is 0 Å². The van der Waals surface area contributed by atoms with E-state index in [0.29, 0.717) is 0 Å². The number of hydrogen-bond donors (Lipinski definition) is 0. The van der Waals surface area contributed by atoms with Crippen LogP contribution in [0.5, 0.6) is 0 Å². The molecule has 0 heterocycles. The SMILES string of the molecule is CCCCc1cc[c-](CCCC)c1C.CCCCc1cc[c-](CCCC)c1C.[CH3-].[CH3-].[Zr+4]. The first-order valence-corrected chi connectivity index (χ1v) is 12.1. The molecule has 0 bridgehead atoms. The van der Waals surface area contributed by atoms with Gasteiger partial charge in [-0.2, -0.15) is 45.5 Å². The Balaban J connectivity index is -0.000000461. The van der Waals surface area contributed by atoms with Gasteiger partial charge in [0.25, 0.3) is 0 Å². The maximum Gasteiger partial charge on any atom is 4.00 e. The van der Waals surface area contributed by atoms with Gasteiger partial charge in [0.15, 0.2) is 0 Å². The van der Waals surface area contributed by atoms with Crippen LogP contribution in [-0.4, -0.2) is 0 Å². The van der Waals surface area contributed by atoms with Gasteiger partial charge in [-0.1, -0.05) is 119 Å². The van der Waals surface area contributed by atoms with Gasteiger partial charge in [0.2, 0.25) is 0 Å². The average Bonchev–Trinajstić information content (AvgIpc) is 3.24. The van der Waals surface area contributed by atoms with Crippen molar-refractivity contribution in [3.05, 3.63) is 72.5 Å². The van der Waals surface area contributed by atoms with E-state index in [4.69, 9.17) is 0 Å². The summed E-state index contributed by atoms with van der Waals surface area (Å²) < 4.78 is 0. The second-order valence-electron chi connectivity index (χ2n) is 8.43. The second-order valence-corrected chi connectivity index (χ2v) is 8.43. The number of unbranched alkanes of at least 4 members (excludes halogenated alkanes) is 4. The van der Waals surface area contributed by atoms with Crippen LogP contribution in [0.2, 0.25) is 0 Å². The van der Waals surface area contributed by atoms with E-state index in [9.17, 15) is 0 Å². The van der Waals surface area contributed by atoms with Crippen LogP contribution in [0, 0.1) is 28.7 Å². The van der Waals surface area contributed by atoms with Crippen molar-refractivity contribution in [2.45, 2.75) is 119 Å². The summed E-state index contributed by atoms with van der Waals surface area (Å²) in [6, 6.07) is 9.32. The molecule has 0 spiro atoms. The first-order valence-electron chi connectivity index (χ1n) is 12.1. The quantitative estimate of drug-likeness (QED) is 0.253. The fourth-order valence-electron chi connectivity index (χ4n) is 3.87. The Kier molecular flexibility index (Phi) is 24.3. The summed E-state index contributed by atoms with van der Waals surface area (Å²) in [4.78, 5) is 0. The van der Waals surface area contributed by atoms with Crippen molar-refractivity contribution in [1.82, 2.24) is 0 Å². The minimum absolute atomic E-state index is 0. The van der Waals surface area contributed by atoms with Crippen molar-refractivity contribution in [2.75, 3.05) is 0 Å². The van der Waals surface area contributed by atoms with E-state index in [1.165, 1.54) is 77.0 Å². The molecule has 0 unspecified atom stereocenters. The van der Waals surface area contributed by atoms with E-state index in [0.717, 1.165) is 0 Å². The fourth-order valence-corrected chi connectivity index (χ4v) is 3.87. The third kappa shape index (κ3) is 13.0. The van der Waals surface area contributed by atoms with E-state index >= 15 is 0 Å². The van der Waals surface area contributed by atoms with Crippen molar-refractivity contribution in [1.29, 1.82) is 0 Å². The molecule has 0 atom stereocenters. The van der Waals surface area contributed by atoms with E-state index < -0.39 is 0 Å². The number of hydrogen-bond acceptors (Lipinski definition) is 0. The van der Waals surface area contributed by atoms with Gasteiger partial charge in [-0.05, 0) is 0 Å². The van der Waals surface area contributed by atoms with Gasteiger partial charge in [-0.25, -0.2) is 12.1 Å². The predicted octanol–water partition coefficient (Wildman–Crippen LogP) is 9.70. The molecule has 0 fully saturated rings. The van der Waals surface area contributed by atoms with Gasteiger partial charge >= 0.3 is 26.2 Å². The predicted molar refractivity (Wildman–Crippen MR) is 141 cm³/mol. The molecule has 31 heavy (non-hydrogen) atoms. The first kappa shape index (κ1) is 35.2. The molecule has 2 aromatic carbocycles. The van der Waals surface area contributed by atoms with Gasteiger partial charge in [-0.15, -0.1) is 0 Å². The molecule has 0 saturated carbocycles. The minimum Gasteiger partial charge on any atom is -0.358 e. The molecule has 2 aromatic rings. The third-order valence-electron chi connectivity index (χ3n) is 6.10. The van der Waals surface area contributed by atoms with Gasteiger partial charge < -0.3 is 14.9 Å². The van der Waals surface area contributed by atoms with Crippen LogP contribution in [-0.2, 0) is 51.9 Å². The molecule has 0 nitrogen and oxygen atoms in total. The van der Waals surface area contributed by atoms with Crippen LogP contribution in [0.4, 0.5) is 0 Å². The summed E-state index contributed by atoms with van der Waals surface area (Å²) in [5.41, 5.74) is 9.45. The largest absolute Gasteiger partial charge is 4.00 e. The zero-order valence-electron chi connectivity index (χ0n) is 22.3. The number of rotatable bonds is 12. The summed E-state index contributed by atoms with van der Waals surface area (Å²) in [7, 11) is 0. The molecule has 2 rings (SSSR count). The van der Waals surface area contributed by atoms with Crippen LogP contribution in [0.3, 0.4) is 0 Å². The van der Waals surface area contributed by atoms with E-state index in [1.807, 2.05) is 0 Å². The summed E-state index contributed by atoms with van der Waals surface area (Å²) in [6.07, 6.45) is 15.6. The second kappa shape index (κ2) is 21.4. The first-order chi connectivity index (χ1) is 13.6. The Bertz CT molecular complexity index is 522. The third-order valence-corrected chi connectivity index (χ3v) is 6.10. The molecule has 0 aromatic heterocycles. The van der Waals surface area contributed by atoms with E-state index in [1.54, 1.807) is 33.4 Å². The van der Waals surface area contributed by atoms with E-state index in [2.05, 4.69) is 65.8 Å². The molecule has 0 radical (unpaired) electrons. The molecular formula is C30H52Zr. The Morgan fingerprint density at radius 3 is 1.19 bits per heavy atom. The Morgan fingerprint density at radius 2 is 0.903 bits per heavy atom. The van der Waals surface area contributed by atoms with Crippen LogP contribution in [0.25, 0.3) is 0 Å². The van der Waals surface area contributed by atoms with E-state index in [-0.39, 0.29) is 41.1 Å². The monoisotopic (exact) mass is 502 g/mol. The zero-order valence-corrected chi connectivity index (χ0v) is 24.8. The number of aryl methyl sites for hydroxylation is 4. The molecule has 0 aliphatic rings. The summed E-state index contributed by atoms with van der Waals surface area (Å²) in [6.45, 7) is 13.6. The molecule has 176 valence electrons. The molecule has 1 heteroatoms. The normalized spacial score (nSPS) is 9.74. The van der Waals surface area contributed by atoms with Crippen molar-refractivity contribution in [3.8, 4) is 0 Å². The van der Waals surface area contributed by atoms with Crippen LogP contribution < -0.4 is 0 Å². The summed E-state index contributed by atoms with van der Waals surface area (Å²) in [5.74, 6) is 0. The zero-order chi connectivity index (χ0) is 20.8. The van der Waals surface area contributed by atoms with Crippen molar-refractivity contribution in [2.24, 2.45) is 0 Å².